The monoisotopic (exact) mass is 314 g/mol. The predicted octanol–water partition coefficient (Wildman–Crippen LogP) is 3.49. The molecule has 0 aliphatic rings. The Morgan fingerprint density at radius 3 is 2.22 bits per heavy atom. The molecule has 0 saturated heterocycles. The number of hydrogen-bond donors (Lipinski definition) is 0. The number of esters is 1. The van der Waals surface area contributed by atoms with E-state index in [1.54, 1.807) is 7.11 Å². The van der Waals surface area contributed by atoms with Crippen LogP contribution < -0.4 is 4.74 Å². The molecule has 0 bridgehead atoms. The third kappa shape index (κ3) is 2.86. The van der Waals surface area contributed by atoms with Gasteiger partial charge in [0.05, 0.1) is 14.2 Å². The molecular formula is C14H19BrO3. The van der Waals surface area contributed by atoms with E-state index in [1.165, 1.54) is 12.7 Å². The van der Waals surface area contributed by atoms with E-state index >= 15 is 0 Å². The van der Waals surface area contributed by atoms with Gasteiger partial charge in [-0.2, -0.15) is 0 Å². The zero-order chi connectivity index (χ0) is 13.9. The summed E-state index contributed by atoms with van der Waals surface area (Å²) in [7, 11) is 3.07. The Morgan fingerprint density at radius 1 is 1.11 bits per heavy atom. The second-order valence-corrected chi connectivity index (χ2v) is 5.07. The molecule has 0 aliphatic heterocycles. The molecule has 0 unspecified atom stereocenters. The van der Waals surface area contributed by atoms with E-state index in [-0.39, 0.29) is 5.97 Å². The largest absolute Gasteiger partial charge is 0.496 e. The van der Waals surface area contributed by atoms with Crippen LogP contribution in [0.25, 0.3) is 0 Å². The van der Waals surface area contributed by atoms with Crippen LogP contribution in [0, 0.1) is 20.8 Å². The van der Waals surface area contributed by atoms with Gasteiger partial charge in [0.1, 0.15) is 5.75 Å². The molecule has 0 atom stereocenters. The highest BCUT2D eigenvalue weighted by atomic mass is 79.9. The second-order valence-electron chi connectivity index (χ2n) is 4.28. The number of carbonyl (C=O) groups is 1. The minimum atomic E-state index is -0.203. The van der Waals surface area contributed by atoms with Gasteiger partial charge in [-0.15, -0.1) is 0 Å². The summed E-state index contributed by atoms with van der Waals surface area (Å²) in [6.07, 6.45) is 0.990. The van der Waals surface area contributed by atoms with Crippen LogP contribution in [-0.2, 0) is 16.0 Å². The zero-order valence-electron chi connectivity index (χ0n) is 11.5. The first-order chi connectivity index (χ1) is 8.43. The number of halogens is 1. The Bertz CT molecular complexity index is 467. The molecule has 0 heterocycles. The lowest BCUT2D eigenvalue weighted by atomic mass is 9.96. The highest BCUT2D eigenvalue weighted by Crippen LogP contribution is 2.36. The first kappa shape index (κ1) is 15.0. The summed E-state index contributed by atoms with van der Waals surface area (Å²) in [5.74, 6) is 0.669. The lowest BCUT2D eigenvalue weighted by molar-refractivity contribution is -0.140. The van der Waals surface area contributed by atoms with Crippen molar-refractivity contribution in [2.45, 2.75) is 33.6 Å². The maximum absolute atomic E-state index is 11.3. The molecule has 0 fully saturated rings. The van der Waals surface area contributed by atoms with Gasteiger partial charge in [-0.1, -0.05) is 15.9 Å². The fourth-order valence-corrected chi connectivity index (χ4v) is 2.59. The van der Waals surface area contributed by atoms with Crippen molar-refractivity contribution in [2.24, 2.45) is 0 Å². The Hall–Kier alpha value is -1.03. The van der Waals surface area contributed by atoms with E-state index in [9.17, 15) is 4.79 Å². The molecule has 0 aromatic heterocycles. The molecule has 1 rings (SSSR count). The molecule has 0 radical (unpaired) electrons. The maximum atomic E-state index is 11.3. The van der Waals surface area contributed by atoms with Crippen LogP contribution in [0.15, 0.2) is 4.47 Å². The Morgan fingerprint density at radius 2 is 1.72 bits per heavy atom. The third-order valence-corrected chi connectivity index (χ3v) is 4.49. The molecule has 0 saturated carbocycles. The molecule has 0 amide bonds. The van der Waals surface area contributed by atoms with E-state index in [2.05, 4.69) is 27.6 Å². The first-order valence-electron chi connectivity index (χ1n) is 5.82. The van der Waals surface area contributed by atoms with Crippen LogP contribution in [-0.4, -0.2) is 20.2 Å². The third-order valence-electron chi connectivity index (χ3n) is 3.30. The lowest BCUT2D eigenvalue weighted by Crippen LogP contribution is -2.06. The van der Waals surface area contributed by atoms with Crippen molar-refractivity contribution in [1.82, 2.24) is 0 Å². The lowest BCUT2D eigenvalue weighted by Gasteiger charge is -2.18. The first-order valence-corrected chi connectivity index (χ1v) is 6.62. The molecule has 0 spiro atoms. The summed E-state index contributed by atoms with van der Waals surface area (Å²) in [6.45, 7) is 6.12. The smallest absolute Gasteiger partial charge is 0.305 e. The summed E-state index contributed by atoms with van der Waals surface area (Å²) in [5.41, 5.74) is 4.47. The molecule has 0 N–H and O–H groups in total. The fourth-order valence-electron chi connectivity index (χ4n) is 2.05. The molecule has 100 valence electrons. The number of methoxy groups -OCH3 is 2. The van der Waals surface area contributed by atoms with Crippen LogP contribution in [0.2, 0.25) is 0 Å². The summed E-state index contributed by atoms with van der Waals surface area (Å²) in [6, 6.07) is 0. The summed E-state index contributed by atoms with van der Waals surface area (Å²) in [4.78, 5) is 11.3. The van der Waals surface area contributed by atoms with Crippen LogP contribution >= 0.6 is 15.9 Å². The van der Waals surface area contributed by atoms with Gasteiger partial charge in [-0.05, 0) is 49.4 Å². The Balaban J connectivity index is 3.20. The van der Waals surface area contributed by atoms with Gasteiger partial charge in [0.2, 0.25) is 0 Å². The van der Waals surface area contributed by atoms with Crippen molar-refractivity contribution in [3.05, 3.63) is 26.7 Å². The standard InChI is InChI=1S/C14H19BrO3/c1-8-9(2)14(18-5)11(10(3)13(8)15)6-7-12(16)17-4/h6-7H2,1-5H3. The molecule has 18 heavy (non-hydrogen) atoms. The molecule has 1 aromatic carbocycles. The van der Waals surface area contributed by atoms with Crippen LogP contribution in [0.1, 0.15) is 28.7 Å². The van der Waals surface area contributed by atoms with Gasteiger partial charge in [-0.3, -0.25) is 4.79 Å². The van der Waals surface area contributed by atoms with E-state index < -0.39 is 0 Å². The maximum Gasteiger partial charge on any atom is 0.305 e. The Kier molecular flexibility index (Phi) is 5.20. The summed E-state index contributed by atoms with van der Waals surface area (Å²) < 4.78 is 11.2. The van der Waals surface area contributed by atoms with Crippen molar-refractivity contribution >= 4 is 21.9 Å². The number of ether oxygens (including phenoxy) is 2. The predicted molar refractivity (Wildman–Crippen MR) is 75.2 cm³/mol. The topological polar surface area (TPSA) is 35.5 Å². The molecule has 4 heteroatoms. The number of hydrogen-bond acceptors (Lipinski definition) is 3. The molecule has 3 nitrogen and oxygen atoms in total. The number of carbonyl (C=O) groups excluding carboxylic acids is 1. The normalized spacial score (nSPS) is 10.3. The molecular weight excluding hydrogens is 296 g/mol. The molecule has 0 aliphatic carbocycles. The number of rotatable bonds is 4. The second kappa shape index (κ2) is 6.23. The van der Waals surface area contributed by atoms with Gasteiger partial charge >= 0.3 is 5.97 Å². The van der Waals surface area contributed by atoms with E-state index in [4.69, 9.17) is 4.74 Å². The number of benzene rings is 1. The van der Waals surface area contributed by atoms with Gasteiger partial charge < -0.3 is 9.47 Å². The highest BCUT2D eigenvalue weighted by molar-refractivity contribution is 9.10. The van der Waals surface area contributed by atoms with Crippen LogP contribution in [0.3, 0.4) is 0 Å². The fraction of sp³-hybridized carbons (Fsp3) is 0.500. The van der Waals surface area contributed by atoms with E-state index in [1.807, 2.05) is 13.8 Å². The van der Waals surface area contributed by atoms with Crippen molar-refractivity contribution in [3.8, 4) is 5.75 Å². The zero-order valence-corrected chi connectivity index (χ0v) is 13.1. The average Bonchev–Trinajstić information content (AvgIpc) is 2.38. The molecule has 1 aromatic rings. The van der Waals surface area contributed by atoms with Crippen molar-refractivity contribution in [1.29, 1.82) is 0 Å². The SMILES string of the molecule is COC(=O)CCc1c(C)c(Br)c(C)c(C)c1OC. The van der Waals surface area contributed by atoms with Crippen molar-refractivity contribution < 1.29 is 14.3 Å². The van der Waals surface area contributed by atoms with Gasteiger partial charge in [0, 0.05) is 10.9 Å². The minimum Gasteiger partial charge on any atom is -0.496 e. The van der Waals surface area contributed by atoms with Gasteiger partial charge in [-0.25, -0.2) is 0 Å². The Labute approximate surface area is 117 Å². The van der Waals surface area contributed by atoms with Crippen molar-refractivity contribution in [3.63, 3.8) is 0 Å². The highest BCUT2D eigenvalue weighted by Gasteiger charge is 2.17. The van der Waals surface area contributed by atoms with Crippen LogP contribution in [0.4, 0.5) is 0 Å². The van der Waals surface area contributed by atoms with Gasteiger partial charge in [0.25, 0.3) is 0 Å². The van der Waals surface area contributed by atoms with Crippen LogP contribution in [0.5, 0.6) is 5.75 Å². The minimum absolute atomic E-state index is 0.203. The van der Waals surface area contributed by atoms with Crippen molar-refractivity contribution in [2.75, 3.05) is 14.2 Å². The van der Waals surface area contributed by atoms with E-state index in [0.29, 0.717) is 12.8 Å². The summed E-state index contributed by atoms with van der Waals surface area (Å²) >= 11 is 3.60. The van der Waals surface area contributed by atoms with E-state index in [0.717, 1.165) is 26.9 Å². The summed E-state index contributed by atoms with van der Waals surface area (Å²) in [5, 5.41) is 0. The van der Waals surface area contributed by atoms with Gasteiger partial charge in [0.15, 0.2) is 0 Å². The quantitative estimate of drug-likeness (QED) is 0.798. The average molecular weight is 315 g/mol.